The average molecular weight is 211 g/mol. The first-order valence-corrected chi connectivity index (χ1v) is 3.93. The van der Waals surface area contributed by atoms with Crippen molar-refractivity contribution in [1.29, 1.82) is 0 Å². The van der Waals surface area contributed by atoms with Crippen LogP contribution in [-0.4, -0.2) is 0 Å². The fourth-order valence-corrected chi connectivity index (χ4v) is 1.00. The number of hydrogen-bond donors (Lipinski definition) is 0. The normalized spacial score (nSPS) is 8.09. The van der Waals surface area contributed by atoms with Gasteiger partial charge in [0.25, 0.3) is 0 Å². The summed E-state index contributed by atoms with van der Waals surface area (Å²) >= 11 is 3.33. The van der Waals surface area contributed by atoms with Crippen LogP contribution in [0.3, 0.4) is 0 Å². The van der Waals surface area contributed by atoms with Crippen molar-refractivity contribution >= 4 is 29.1 Å². The molecule has 0 aliphatic rings. The largest absolute Gasteiger partial charge is 0.106 e. The summed E-state index contributed by atoms with van der Waals surface area (Å²) in [7, 11) is 0. The summed E-state index contributed by atoms with van der Waals surface area (Å²) < 4.78 is 1.06. The van der Waals surface area contributed by atoms with Crippen LogP contribution >= 0.6 is 15.9 Å². The van der Waals surface area contributed by atoms with Gasteiger partial charge in [0.15, 0.2) is 0 Å². The highest BCUT2D eigenvalue weighted by molar-refractivity contribution is 9.10. The molecule has 0 saturated heterocycles. The standard InChI is InChI=1S/C8H7Br.C2H4/c1-6-3-4-8(9)5-7(6)2;1-2/h3-5H,1-2H2;1-2H2. The third-order valence-corrected chi connectivity index (χ3v) is 1.66. The van der Waals surface area contributed by atoms with Gasteiger partial charge in [-0.3, -0.25) is 0 Å². The summed E-state index contributed by atoms with van der Waals surface area (Å²) in [5, 5.41) is 1.96. The number of halogens is 1. The molecule has 0 aliphatic heterocycles. The molecule has 0 heterocycles. The maximum Gasteiger partial charge on any atom is 0.0181 e. The number of hydrogen-bond acceptors (Lipinski definition) is 0. The van der Waals surface area contributed by atoms with Gasteiger partial charge in [-0.25, -0.2) is 0 Å². The third-order valence-electron chi connectivity index (χ3n) is 1.17. The van der Waals surface area contributed by atoms with Crippen molar-refractivity contribution in [2.75, 3.05) is 0 Å². The van der Waals surface area contributed by atoms with Crippen LogP contribution in [-0.2, 0) is 0 Å². The third kappa shape index (κ3) is 3.19. The molecular formula is C10H11Br. The van der Waals surface area contributed by atoms with Gasteiger partial charge in [0, 0.05) is 4.47 Å². The molecule has 0 unspecified atom stereocenters. The first kappa shape index (κ1) is 10.2. The minimum atomic E-state index is 0.976. The van der Waals surface area contributed by atoms with Crippen LogP contribution in [0.2, 0.25) is 0 Å². The molecule has 58 valence electrons. The molecule has 0 N–H and O–H groups in total. The molecule has 0 aromatic heterocycles. The summed E-state index contributed by atoms with van der Waals surface area (Å²) in [5.41, 5.74) is 0. The lowest BCUT2D eigenvalue weighted by molar-refractivity contribution is 1.51. The first-order valence-electron chi connectivity index (χ1n) is 3.13. The fraction of sp³-hybridized carbons (Fsp3) is 0. The zero-order chi connectivity index (χ0) is 8.85. The van der Waals surface area contributed by atoms with Gasteiger partial charge < -0.3 is 0 Å². The van der Waals surface area contributed by atoms with Crippen LogP contribution in [0.25, 0.3) is 13.2 Å². The zero-order valence-corrected chi connectivity index (χ0v) is 8.02. The molecule has 0 bridgehead atoms. The molecule has 0 spiro atoms. The lowest BCUT2D eigenvalue weighted by atomic mass is 10.3. The van der Waals surface area contributed by atoms with Gasteiger partial charge >= 0.3 is 0 Å². The molecule has 0 amide bonds. The van der Waals surface area contributed by atoms with Crippen LogP contribution < -0.4 is 10.4 Å². The van der Waals surface area contributed by atoms with Crippen molar-refractivity contribution in [1.82, 2.24) is 0 Å². The van der Waals surface area contributed by atoms with Gasteiger partial charge in [0.2, 0.25) is 0 Å². The summed E-state index contributed by atoms with van der Waals surface area (Å²) in [5.74, 6) is 0. The highest BCUT2D eigenvalue weighted by Gasteiger charge is 1.81. The SMILES string of the molecule is C=C.C=c1ccc(Br)cc1=C. The lowest BCUT2D eigenvalue weighted by Crippen LogP contribution is -2.19. The Hall–Kier alpha value is -0.820. The lowest BCUT2D eigenvalue weighted by Gasteiger charge is -1.86. The fourth-order valence-electron chi connectivity index (χ4n) is 0.594. The zero-order valence-electron chi connectivity index (χ0n) is 6.44. The van der Waals surface area contributed by atoms with Gasteiger partial charge in [-0.15, -0.1) is 13.2 Å². The van der Waals surface area contributed by atoms with E-state index in [9.17, 15) is 0 Å². The minimum Gasteiger partial charge on any atom is -0.106 e. The molecule has 11 heavy (non-hydrogen) atoms. The molecule has 0 nitrogen and oxygen atoms in total. The second-order valence-electron chi connectivity index (χ2n) is 1.91. The average Bonchev–Trinajstić information content (AvgIpc) is 2.02. The highest BCUT2D eigenvalue weighted by atomic mass is 79.9. The van der Waals surface area contributed by atoms with Crippen LogP contribution in [0.15, 0.2) is 35.8 Å². The molecule has 1 heteroatoms. The summed E-state index contributed by atoms with van der Waals surface area (Å²) in [4.78, 5) is 0. The van der Waals surface area contributed by atoms with Crippen molar-refractivity contribution in [3.8, 4) is 0 Å². The Kier molecular flexibility index (Phi) is 4.55. The second kappa shape index (κ2) is 4.91. The van der Waals surface area contributed by atoms with E-state index in [4.69, 9.17) is 0 Å². The Labute approximate surface area is 75.7 Å². The van der Waals surface area contributed by atoms with E-state index in [0.717, 1.165) is 14.9 Å². The molecule has 1 aromatic carbocycles. The van der Waals surface area contributed by atoms with Crippen LogP contribution in [0.1, 0.15) is 0 Å². The Morgan fingerprint density at radius 2 is 1.55 bits per heavy atom. The topological polar surface area (TPSA) is 0 Å². The van der Waals surface area contributed by atoms with E-state index in [-0.39, 0.29) is 0 Å². The van der Waals surface area contributed by atoms with E-state index >= 15 is 0 Å². The van der Waals surface area contributed by atoms with E-state index in [1.807, 2.05) is 18.2 Å². The Morgan fingerprint density at radius 1 is 1.00 bits per heavy atom. The highest BCUT2D eigenvalue weighted by Crippen LogP contribution is 2.00. The van der Waals surface area contributed by atoms with Crippen molar-refractivity contribution in [3.05, 3.63) is 46.3 Å². The van der Waals surface area contributed by atoms with Crippen LogP contribution in [0, 0.1) is 0 Å². The number of benzene rings is 1. The minimum absolute atomic E-state index is 0.976. The van der Waals surface area contributed by atoms with Gasteiger partial charge in [-0.05, 0) is 22.6 Å². The van der Waals surface area contributed by atoms with E-state index < -0.39 is 0 Å². The monoisotopic (exact) mass is 210 g/mol. The maximum absolute atomic E-state index is 3.79. The molecule has 0 saturated carbocycles. The van der Waals surface area contributed by atoms with Gasteiger partial charge in [0.05, 0.1) is 0 Å². The first-order chi connectivity index (χ1) is 5.20. The smallest absolute Gasteiger partial charge is 0.0181 e. The van der Waals surface area contributed by atoms with E-state index in [2.05, 4.69) is 42.2 Å². The van der Waals surface area contributed by atoms with E-state index in [1.165, 1.54) is 0 Å². The van der Waals surface area contributed by atoms with Crippen LogP contribution in [0.4, 0.5) is 0 Å². The van der Waals surface area contributed by atoms with Gasteiger partial charge in [-0.1, -0.05) is 35.2 Å². The summed E-state index contributed by atoms with van der Waals surface area (Å²) in [6.45, 7) is 13.6. The van der Waals surface area contributed by atoms with Crippen LogP contribution in [0.5, 0.6) is 0 Å². The Morgan fingerprint density at radius 3 is 1.91 bits per heavy atom. The molecule has 0 radical (unpaired) electrons. The van der Waals surface area contributed by atoms with Crippen molar-refractivity contribution in [2.24, 2.45) is 0 Å². The van der Waals surface area contributed by atoms with E-state index in [1.54, 1.807) is 0 Å². The molecule has 1 rings (SSSR count). The quantitative estimate of drug-likeness (QED) is 0.576. The van der Waals surface area contributed by atoms with E-state index in [0.29, 0.717) is 0 Å². The maximum atomic E-state index is 3.79. The molecule has 1 aromatic rings. The Bertz CT molecular complexity index is 314. The summed E-state index contributed by atoms with van der Waals surface area (Å²) in [6.07, 6.45) is 0. The van der Waals surface area contributed by atoms with Gasteiger partial charge in [-0.2, -0.15) is 0 Å². The van der Waals surface area contributed by atoms with Crippen molar-refractivity contribution in [2.45, 2.75) is 0 Å². The molecular weight excluding hydrogens is 200 g/mol. The summed E-state index contributed by atoms with van der Waals surface area (Å²) in [6, 6.07) is 5.84. The Balaban J connectivity index is 0.000000461. The molecule has 0 fully saturated rings. The van der Waals surface area contributed by atoms with Crippen molar-refractivity contribution in [3.63, 3.8) is 0 Å². The predicted octanol–water partition coefficient (Wildman–Crippen LogP) is 2.07. The molecule has 0 atom stereocenters. The predicted molar refractivity (Wildman–Crippen MR) is 55.7 cm³/mol. The van der Waals surface area contributed by atoms with Crippen molar-refractivity contribution < 1.29 is 0 Å². The van der Waals surface area contributed by atoms with Gasteiger partial charge in [0.1, 0.15) is 0 Å². The second-order valence-corrected chi connectivity index (χ2v) is 2.83. The molecule has 0 aliphatic carbocycles. The number of rotatable bonds is 0.